The monoisotopic (exact) mass is 373 g/mol. The highest BCUT2D eigenvalue weighted by Gasteiger charge is 2.45. The Balaban J connectivity index is 1.80. The van der Waals surface area contributed by atoms with E-state index in [1.165, 1.54) is 25.7 Å². The van der Waals surface area contributed by atoms with Crippen LogP contribution >= 0.6 is 0 Å². The Morgan fingerprint density at radius 1 is 1.19 bits per heavy atom. The zero-order chi connectivity index (χ0) is 19.4. The van der Waals surface area contributed by atoms with Crippen LogP contribution in [-0.4, -0.2) is 37.3 Å². The minimum atomic E-state index is -0.747. The summed E-state index contributed by atoms with van der Waals surface area (Å²) in [6, 6.07) is 8.17. The molecule has 1 aromatic rings. The highest BCUT2D eigenvalue weighted by atomic mass is 16.5. The van der Waals surface area contributed by atoms with Gasteiger partial charge in [-0.15, -0.1) is 0 Å². The van der Waals surface area contributed by atoms with Crippen molar-refractivity contribution in [2.24, 2.45) is 23.7 Å². The average molecular weight is 374 g/mol. The van der Waals surface area contributed by atoms with Crippen LogP contribution < -0.4 is 4.74 Å². The third-order valence-corrected chi connectivity index (χ3v) is 7.28. The van der Waals surface area contributed by atoms with Crippen LogP contribution in [0, 0.1) is 23.7 Å². The molecule has 1 N–H and O–H groups in total. The van der Waals surface area contributed by atoms with Gasteiger partial charge in [0, 0.05) is 12.5 Å². The van der Waals surface area contributed by atoms with Gasteiger partial charge in [-0.2, -0.15) is 0 Å². The Morgan fingerprint density at radius 2 is 1.93 bits per heavy atom. The van der Waals surface area contributed by atoms with Gasteiger partial charge in [0.2, 0.25) is 0 Å². The maximum absolute atomic E-state index is 11.8. The third-order valence-electron chi connectivity index (χ3n) is 7.28. The molecule has 3 rings (SSSR count). The minimum Gasteiger partial charge on any atom is -0.494 e. The van der Waals surface area contributed by atoms with E-state index in [0.29, 0.717) is 6.61 Å². The first-order chi connectivity index (χ1) is 12.9. The quantitative estimate of drug-likeness (QED) is 0.724. The zero-order valence-electron chi connectivity index (χ0n) is 17.8. The fourth-order valence-electron chi connectivity index (χ4n) is 5.70. The van der Waals surface area contributed by atoms with E-state index in [9.17, 15) is 5.11 Å². The van der Waals surface area contributed by atoms with Crippen molar-refractivity contribution >= 4 is 0 Å². The second-order valence-electron chi connectivity index (χ2n) is 9.28. The van der Waals surface area contributed by atoms with Crippen molar-refractivity contribution in [2.75, 3.05) is 27.2 Å². The molecule has 0 heterocycles. The number of benzene rings is 1. The Bertz CT molecular complexity index is 596. The second-order valence-corrected chi connectivity index (χ2v) is 9.28. The van der Waals surface area contributed by atoms with E-state index in [2.05, 4.69) is 38.1 Å². The molecule has 0 amide bonds. The Labute approximate surface area is 166 Å². The third kappa shape index (κ3) is 4.68. The summed E-state index contributed by atoms with van der Waals surface area (Å²) in [5.41, 5.74) is 0.288. The van der Waals surface area contributed by atoms with Gasteiger partial charge in [-0.1, -0.05) is 44.7 Å². The predicted octanol–water partition coefficient (Wildman–Crippen LogP) is 5.08. The summed E-state index contributed by atoms with van der Waals surface area (Å²) in [4.78, 5) is 2.24. The lowest BCUT2D eigenvalue weighted by Gasteiger charge is -2.47. The average Bonchev–Trinajstić information content (AvgIpc) is 3.18. The summed E-state index contributed by atoms with van der Waals surface area (Å²) in [5, 5.41) is 11.8. The van der Waals surface area contributed by atoms with E-state index in [1.54, 1.807) is 0 Å². The van der Waals surface area contributed by atoms with Crippen LogP contribution in [0.25, 0.3) is 0 Å². The normalized spacial score (nSPS) is 30.6. The number of ether oxygens (including phenoxy) is 1. The molecular weight excluding hydrogens is 334 g/mol. The fraction of sp³-hybridized carbons (Fsp3) is 0.750. The van der Waals surface area contributed by atoms with Crippen molar-refractivity contribution in [3.8, 4) is 5.75 Å². The summed E-state index contributed by atoms with van der Waals surface area (Å²) in [6.07, 6.45) is 8.78. The first kappa shape index (κ1) is 20.7. The molecule has 0 bridgehead atoms. The minimum absolute atomic E-state index is 0.270. The van der Waals surface area contributed by atoms with E-state index in [4.69, 9.17) is 4.74 Å². The van der Waals surface area contributed by atoms with Crippen LogP contribution in [-0.2, 0) is 5.60 Å². The molecule has 2 aliphatic carbocycles. The van der Waals surface area contributed by atoms with Crippen LogP contribution in [0.3, 0.4) is 0 Å². The van der Waals surface area contributed by atoms with E-state index in [0.717, 1.165) is 54.9 Å². The Hall–Kier alpha value is -1.06. The molecule has 2 saturated carbocycles. The topological polar surface area (TPSA) is 32.7 Å². The maximum Gasteiger partial charge on any atom is 0.119 e. The smallest absolute Gasteiger partial charge is 0.119 e. The van der Waals surface area contributed by atoms with Crippen molar-refractivity contribution in [3.63, 3.8) is 0 Å². The lowest BCUT2D eigenvalue weighted by Crippen LogP contribution is -2.46. The van der Waals surface area contributed by atoms with E-state index in [1.807, 2.05) is 19.1 Å². The predicted molar refractivity (Wildman–Crippen MR) is 112 cm³/mol. The van der Waals surface area contributed by atoms with Crippen molar-refractivity contribution in [3.05, 3.63) is 29.8 Å². The molecular formula is C24H39NO2. The summed E-state index contributed by atoms with van der Waals surface area (Å²) in [7, 11) is 4.25. The second kappa shape index (κ2) is 8.96. The molecule has 3 nitrogen and oxygen atoms in total. The SMILES string of the molecule is CCOc1cccc(C2(O)CCC(C(C)C3CCCC3)CC2CN(C)C)c1. The van der Waals surface area contributed by atoms with Crippen molar-refractivity contribution in [1.82, 2.24) is 4.90 Å². The van der Waals surface area contributed by atoms with Gasteiger partial charge in [0.05, 0.1) is 12.2 Å². The van der Waals surface area contributed by atoms with Gasteiger partial charge >= 0.3 is 0 Å². The zero-order valence-corrected chi connectivity index (χ0v) is 17.8. The molecule has 152 valence electrons. The lowest BCUT2D eigenvalue weighted by molar-refractivity contribution is -0.0842. The molecule has 0 radical (unpaired) electrons. The van der Waals surface area contributed by atoms with E-state index in [-0.39, 0.29) is 5.92 Å². The molecule has 0 spiro atoms. The van der Waals surface area contributed by atoms with Crippen LogP contribution in [0.4, 0.5) is 0 Å². The fourth-order valence-corrected chi connectivity index (χ4v) is 5.70. The van der Waals surface area contributed by atoms with Gasteiger partial charge in [-0.3, -0.25) is 0 Å². The van der Waals surface area contributed by atoms with Crippen LogP contribution in [0.2, 0.25) is 0 Å². The maximum atomic E-state index is 11.8. The number of nitrogens with zero attached hydrogens (tertiary/aromatic N) is 1. The molecule has 2 fully saturated rings. The van der Waals surface area contributed by atoms with Gasteiger partial charge in [0.1, 0.15) is 5.75 Å². The molecule has 0 saturated heterocycles. The van der Waals surface area contributed by atoms with Crippen molar-refractivity contribution in [2.45, 2.75) is 64.4 Å². The van der Waals surface area contributed by atoms with Gasteiger partial charge in [-0.05, 0) is 75.7 Å². The number of hydrogen-bond donors (Lipinski definition) is 1. The summed E-state index contributed by atoms with van der Waals surface area (Å²) < 4.78 is 5.70. The van der Waals surface area contributed by atoms with Crippen LogP contribution in [0.1, 0.15) is 64.4 Å². The highest BCUT2D eigenvalue weighted by molar-refractivity contribution is 5.33. The van der Waals surface area contributed by atoms with Crippen LogP contribution in [0.5, 0.6) is 5.75 Å². The standard InChI is InChI=1S/C24H39NO2/c1-5-27-23-12-8-11-21(16-23)24(26)14-13-20(15-22(24)17-25(3)4)18(2)19-9-6-7-10-19/h8,11-12,16,18-20,22,26H,5-7,9-10,13-15,17H2,1-4H3. The Kier molecular flexibility index (Phi) is 6.86. The van der Waals surface area contributed by atoms with Gasteiger partial charge < -0.3 is 14.7 Å². The number of hydrogen-bond acceptors (Lipinski definition) is 3. The molecule has 27 heavy (non-hydrogen) atoms. The van der Waals surface area contributed by atoms with Crippen molar-refractivity contribution < 1.29 is 9.84 Å². The van der Waals surface area contributed by atoms with Crippen molar-refractivity contribution in [1.29, 1.82) is 0 Å². The molecule has 0 aliphatic heterocycles. The molecule has 4 atom stereocenters. The molecule has 0 aromatic heterocycles. The summed E-state index contributed by atoms with van der Waals surface area (Å²) in [6.45, 7) is 6.08. The summed E-state index contributed by atoms with van der Waals surface area (Å²) >= 11 is 0. The molecule has 2 aliphatic rings. The van der Waals surface area contributed by atoms with Gasteiger partial charge in [-0.25, -0.2) is 0 Å². The lowest BCUT2D eigenvalue weighted by atomic mass is 9.63. The van der Waals surface area contributed by atoms with Gasteiger partial charge in [0.25, 0.3) is 0 Å². The first-order valence-corrected chi connectivity index (χ1v) is 11.0. The number of aliphatic hydroxyl groups is 1. The largest absolute Gasteiger partial charge is 0.494 e. The van der Waals surface area contributed by atoms with Gasteiger partial charge in [0.15, 0.2) is 0 Å². The van der Waals surface area contributed by atoms with E-state index >= 15 is 0 Å². The number of rotatable bonds is 7. The first-order valence-electron chi connectivity index (χ1n) is 11.0. The Morgan fingerprint density at radius 3 is 2.59 bits per heavy atom. The molecule has 3 heteroatoms. The molecule has 1 aromatic carbocycles. The van der Waals surface area contributed by atoms with E-state index < -0.39 is 5.60 Å². The van der Waals surface area contributed by atoms with Crippen LogP contribution in [0.15, 0.2) is 24.3 Å². The highest BCUT2D eigenvalue weighted by Crippen LogP contribution is 2.49. The molecule has 4 unspecified atom stereocenters. The summed E-state index contributed by atoms with van der Waals surface area (Å²) in [5.74, 6) is 3.58.